The van der Waals surface area contributed by atoms with Crippen LogP contribution in [0.5, 0.6) is 0 Å². The van der Waals surface area contributed by atoms with Crippen LogP contribution in [0.4, 0.5) is 5.69 Å². The highest BCUT2D eigenvalue weighted by atomic mass is 35.5. The number of fused-ring (bicyclic) bond motifs is 1. The van der Waals surface area contributed by atoms with E-state index in [2.05, 4.69) is 5.10 Å². The van der Waals surface area contributed by atoms with Crippen molar-refractivity contribution in [1.82, 2.24) is 0 Å². The number of carbonyl (C=O) groups is 1. The first-order chi connectivity index (χ1) is 7.75. The van der Waals surface area contributed by atoms with Crippen molar-refractivity contribution in [2.75, 3.05) is 5.01 Å². The summed E-state index contributed by atoms with van der Waals surface area (Å²) in [7, 11) is 0. The van der Waals surface area contributed by atoms with Crippen LogP contribution >= 0.6 is 11.6 Å². The van der Waals surface area contributed by atoms with E-state index in [1.165, 1.54) is 5.01 Å². The van der Waals surface area contributed by atoms with Gasteiger partial charge in [-0.2, -0.15) is 5.10 Å². The van der Waals surface area contributed by atoms with E-state index in [0.717, 1.165) is 30.7 Å². The predicted octanol–water partition coefficient (Wildman–Crippen LogP) is 2.84. The Bertz CT molecular complexity index is 484. The third-order valence-electron chi connectivity index (χ3n) is 3.12. The van der Waals surface area contributed by atoms with Crippen LogP contribution in [0.25, 0.3) is 0 Å². The number of amides is 1. The maximum absolute atomic E-state index is 12.1. The van der Waals surface area contributed by atoms with E-state index < -0.39 is 0 Å². The van der Waals surface area contributed by atoms with Gasteiger partial charge in [-0.15, -0.1) is 0 Å². The van der Waals surface area contributed by atoms with Gasteiger partial charge in [0.15, 0.2) is 0 Å². The van der Waals surface area contributed by atoms with Crippen molar-refractivity contribution in [2.24, 2.45) is 11.0 Å². The van der Waals surface area contributed by atoms with E-state index in [0.29, 0.717) is 5.02 Å². The largest absolute Gasteiger partial charge is 0.272 e. The number of hydrazone groups is 1. The minimum atomic E-state index is 0.0268. The molecule has 1 saturated carbocycles. The standard InChI is InChI=1S/C12H11ClN2O/c13-8-3-1-4-9(7-8)15-12(16)10-5-2-6-11(10)14-15/h1,3-4,7,10H,2,5-6H2/t10-/m1/s1. The molecule has 0 N–H and O–H groups in total. The van der Waals surface area contributed by atoms with Crippen LogP contribution in [0.1, 0.15) is 19.3 Å². The summed E-state index contributed by atoms with van der Waals surface area (Å²) in [6, 6.07) is 7.25. The van der Waals surface area contributed by atoms with Crippen LogP contribution < -0.4 is 5.01 Å². The lowest BCUT2D eigenvalue weighted by atomic mass is 10.1. The zero-order valence-corrected chi connectivity index (χ0v) is 9.44. The number of anilines is 1. The minimum absolute atomic E-state index is 0.0268. The second-order valence-electron chi connectivity index (χ2n) is 4.17. The Labute approximate surface area is 98.7 Å². The second-order valence-corrected chi connectivity index (χ2v) is 4.60. The maximum Gasteiger partial charge on any atom is 0.256 e. The highest BCUT2D eigenvalue weighted by molar-refractivity contribution is 6.31. The lowest BCUT2D eigenvalue weighted by Crippen LogP contribution is -2.25. The van der Waals surface area contributed by atoms with Crippen LogP contribution in [0.2, 0.25) is 5.02 Å². The maximum atomic E-state index is 12.1. The molecule has 0 spiro atoms. The van der Waals surface area contributed by atoms with Crippen LogP contribution in [-0.2, 0) is 4.79 Å². The van der Waals surface area contributed by atoms with Gasteiger partial charge in [0.05, 0.1) is 17.3 Å². The van der Waals surface area contributed by atoms with E-state index in [-0.39, 0.29) is 11.8 Å². The molecule has 1 aromatic rings. The fourth-order valence-electron chi connectivity index (χ4n) is 2.33. The molecule has 1 atom stereocenters. The summed E-state index contributed by atoms with van der Waals surface area (Å²) in [5.74, 6) is 0.119. The first-order valence-electron chi connectivity index (χ1n) is 5.42. The van der Waals surface area contributed by atoms with Gasteiger partial charge < -0.3 is 0 Å². The van der Waals surface area contributed by atoms with Gasteiger partial charge in [-0.1, -0.05) is 17.7 Å². The van der Waals surface area contributed by atoms with Gasteiger partial charge in [-0.3, -0.25) is 4.79 Å². The Balaban J connectivity index is 1.97. The van der Waals surface area contributed by atoms with Gasteiger partial charge in [-0.05, 0) is 37.5 Å². The highest BCUT2D eigenvalue weighted by Gasteiger charge is 2.39. The molecule has 3 nitrogen and oxygen atoms in total. The molecule has 4 heteroatoms. The fraction of sp³-hybridized carbons (Fsp3) is 0.333. The Kier molecular flexibility index (Phi) is 2.21. The van der Waals surface area contributed by atoms with Crippen molar-refractivity contribution in [3.63, 3.8) is 0 Å². The van der Waals surface area contributed by atoms with Gasteiger partial charge in [0.2, 0.25) is 0 Å². The van der Waals surface area contributed by atoms with Crippen LogP contribution in [0.3, 0.4) is 0 Å². The Morgan fingerprint density at radius 2 is 2.31 bits per heavy atom. The van der Waals surface area contributed by atoms with Crippen LogP contribution in [0.15, 0.2) is 29.4 Å². The third-order valence-corrected chi connectivity index (χ3v) is 3.35. The highest BCUT2D eigenvalue weighted by Crippen LogP contribution is 2.33. The van der Waals surface area contributed by atoms with Gasteiger partial charge >= 0.3 is 0 Å². The van der Waals surface area contributed by atoms with E-state index in [1.54, 1.807) is 12.1 Å². The molecule has 1 fully saturated rings. The predicted molar refractivity (Wildman–Crippen MR) is 63.7 cm³/mol. The molecule has 82 valence electrons. The molecular weight excluding hydrogens is 224 g/mol. The van der Waals surface area contributed by atoms with Gasteiger partial charge in [0, 0.05) is 5.02 Å². The molecule has 16 heavy (non-hydrogen) atoms. The summed E-state index contributed by atoms with van der Waals surface area (Å²) < 4.78 is 0. The number of hydrogen-bond donors (Lipinski definition) is 0. The molecule has 0 bridgehead atoms. The quantitative estimate of drug-likeness (QED) is 0.736. The van der Waals surface area contributed by atoms with Crippen molar-refractivity contribution >= 4 is 28.9 Å². The smallest absolute Gasteiger partial charge is 0.256 e. The normalized spacial score (nSPS) is 23.6. The molecule has 1 heterocycles. The summed E-state index contributed by atoms with van der Waals surface area (Å²) in [5.41, 5.74) is 1.80. The van der Waals surface area contributed by atoms with E-state index in [1.807, 2.05) is 12.1 Å². The molecule has 3 rings (SSSR count). The van der Waals surface area contributed by atoms with Crippen molar-refractivity contribution in [3.8, 4) is 0 Å². The molecule has 0 saturated heterocycles. The Morgan fingerprint density at radius 1 is 1.44 bits per heavy atom. The van der Waals surface area contributed by atoms with Crippen molar-refractivity contribution in [3.05, 3.63) is 29.3 Å². The minimum Gasteiger partial charge on any atom is -0.272 e. The molecule has 2 aliphatic rings. The molecule has 1 aliphatic carbocycles. The SMILES string of the molecule is O=C1[C@@H]2CCCC2=NN1c1cccc(Cl)c1. The zero-order chi connectivity index (χ0) is 11.1. The van der Waals surface area contributed by atoms with Crippen molar-refractivity contribution < 1.29 is 4.79 Å². The second kappa shape index (κ2) is 3.59. The molecule has 0 aromatic heterocycles. The lowest BCUT2D eigenvalue weighted by Gasteiger charge is -2.13. The number of rotatable bonds is 1. The first-order valence-corrected chi connectivity index (χ1v) is 5.80. The van der Waals surface area contributed by atoms with Crippen LogP contribution in [-0.4, -0.2) is 11.6 Å². The summed E-state index contributed by atoms with van der Waals surface area (Å²) in [6.07, 6.45) is 2.97. The van der Waals surface area contributed by atoms with Crippen molar-refractivity contribution in [1.29, 1.82) is 0 Å². The molecular formula is C12H11ClN2O. The van der Waals surface area contributed by atoms with E-state index in [9.17, 15) is 4.79 Å². The number of nitrogens with zero attached hydrogens (tertiary/aromatic N) is 2. The van der Waals surface area contributed by atoms with Gasteiger partial charge in [0.25, 0.3) is 5.91 Å². The lowest BCUT2D eigenvalue weighted by molar-refractivity contribution is -0.119. The van der Waals surface area contributed by atoms with E-state index >= 15 is 0 Å². The number of halogens is 1. The Morgan fingerprint density at radius 3 is 3.06 bits per heavy atom. The average molecular weight is 235 g/mol. The number of carbonyl (C=O) groups excluding carboxylic acids is 1. The van der Waals surface area contributed by atoms with Gasteiger partial charge in [-0.25, -0.2) is 5.01 Å². The fourth-order valence-corrected chi connectivity index (χ4v) is 2.52. The molecule has 1 aliphatic heterocycles. The summed E-state index contributed by atoms with van der Waals surface area (Å²) in [6.45, 7) is 0. The molecule has 0 unspecified atom stereocenters. The Hall–Kier alpha value is -1.35. The third kappa shape index (κ3) is 1.43. The first kappa shape index (κ1) is 9.85. The average Bonchev–Trinajstić information content (AvgIpc) is 2.82. The molecule has 1 aromatic carbocycles. The van der Waals surface area contributed by atoms with Crippen LogP contribution in [0, 0.1) is 5.92 Å². The zero-order valence-electron chi connectivity index (χ0n) is 8.69. The summed E-state index contributed by atoms with van der Waals surface area (Å²) in [4.78, 5) is 12.1. The van der Waals surface area contributed by atoms with E-state index in [4.69, 9.17) is 11.6 Å². The summed E-state index contributed by atoms with van der Waals surface area (Å²) >= 11 is 5.91. The number of hydrogen-bond acceptors (Lipinski definition) is 2. The van der Waals surface area contributed by atoms with Gasteiger partial charge in [0.1, 0.15) is 0 Å². The monoisotopic (exact) mass is 234 g/mol. The number of benzene rings is 1. The molecule has 0 radical (unpaired) electrons. The summed E-state index contributed by atoms with van der Waals surface area (Å²) in [5, 5.41) is 6.50. The van der Waals surface area contributed by atoms with Crippen molar-refractivity contribution in [2.45, 2.75) is 19.3 Å². The topological polar surface area (TPSA) is 32.7 Å². The molecule has 1 amide bonds.